The average Bonchev–Trinajstić information content (AvgIpc) is 1.89. The fourth-order valence-electron chi connectivity index (χ4n) is 0.514. The lowest BCUT2D eigenvalue weighted by atomic mass is 10.1. The Morgan fingerprint density at radius 3 is 2.40 bits per heavy atom. The van der Waals surface area contributed by atoms with E-state index >= 15 is 0 Å². The lowest BCUT2D eigenvalue weighted by molar-refractivity contribution is 0.795. The summed E-state index contributed by atoms with van der Waals surface area (Å²) in [6.45, 7) is 4.28. The number of hydrogen-bond donors (Lipinski definition) is 1. The van der Waals surface area contributed by atoms with Crippen LogP contribution in [0.1, 0.15) is 13.8 Å². The van der Waals surface area contributed by atoms with E-state index in [-0.39, 0.29) is 0 Å². The summed E-state index contributed by atoms with van der Waals surface area (Å²) < 4.78 is 2.04. The van der Waals surface area contributed by atoms with Crippen LogP contribution in [0.2, 0.25) is 0 Å². The monoisotopic (exact) mass is 249 g/mol. The normalized spacial score (nSPS) is 13.0. The van der Waals surface area contributed by atoms with Crippen LogP contribution in [0.5, 0.6) is 0 Å². The summed E-state index contributed by atoms with van der Waals surface area (Å²) in [4.78, 5) is 0. The lowest BCUT2D eigenvalue weighted by Gasteiger charge is -2.02. The SMILES string of the molecule is CC(C)C(/C=C\C=N)=C/I. The highest BCUT2D eigenvalue weighted by atomic mass is 127. The Labute approximate surface area is 75.9 Å². The van der Waals surface area contributed by atoms with Gasteiger partial charge in [-0.25, -0.2) is 0 Å². The van der Waals surface area contributed by atoms with E-state index in [4.69, 9.17) is 5.41 Å². The topological polar surface area (TPSA) is 23.9 Å². The van der Waals surface area contributed by atoms with Gasteiger partial charge in [-0.05, 0) is 21.6 Å². The molecular weight excluding hydrogens is 237 g/mol. The third-order valence-electron chi connectivity index (χ3n) is 1.18. The standard InChI is InChI=1S/C8H12IN/c1-7(2)8(6-9)4-3-5-10/h3-7,10H,1-2H3/b4-3-,8-6+,10-5?. The molecule has 0 fully saturated rings. The molecule has 0 saturated heterocycles. The Kier molecular flexibility index (Phi) is 5.58. The number of nitrogens with one attached hydrogen (secondary N) is 1. The first kappa shape index (κ1) is 9.88. The highest BCUT2D eigenvalue weighted by molar-refractivity contribution is 14.1. The van der Waals surface area contributed by atoms with Crippen molar-refractivity contribution < 1.29 is 0 Å². The van der Waals surface area contributed by atoms with Crippen molar-refractivity contribution in [3.8, 4) is 0 Å². The predicted molar refractivity (Wildman–Crippen MR) is 54.9 cm³/mol. The van der Waals surface area contributed by atoms with Crippen molar-refractivity contribution in [2.24, 2.45) is 5.92 Å². The van der Waals surface area contributed by atoms with Gasteiger partial charge in [0.2, 0.25) is 0 Å². The van der Waals surface area contributed by atoms with Crippen molar-refractivity contribution >= 4 is 28.8 Å². The van der Waals surface area contributed by atoms with Gasteiger partial charge in [0.15, 0.2) is 0 Å². The second kappa shape index (κ2) is 5.65. The molecule has 0 aliphatic carbocycles. The molecule has 0 aromatic heterocycles. The average molecular weight is 249 g/mol. The largest absolute Gasteiger partial charge is 0.309 e. The maximum absolute atomic E-state index is 6.77. The van der Waals surface area contributed by atoms with Crippen LogP contribution in [0.25, 0.3) is 0 Å². The van der Waals surface area contributed by atoms with Crippen LogP contribution >= 0.6 is 22.6 Å². The molecule has 0 atom stereocenters. The molecule has 0 aliphatic heterocycles. The molecule has 0 aromatic carbocycles. The molecule has 10 heavy (non-hydrogen) atoms. The number of rotatable bonds is 3. The van der Waals surface area contributed by atoms with E-state index in [0.29, 0.717) is 5.92 Å². The van der Waals surface area contributed by atoms with Crippen molar-refractivity contribution in [3.63, 3.8) is 0 Å². The minimum atomic E-state index is 0.549. The molecule has 0 heterocycles. The van der Waals surface area contributed by atoms with Crippen LogP contribution in [0.15, 0.2) is 21.8 Å². The molecule has 0 bridgehead atoms. The molecule has 56 valence electrons. The first-order valence-corrected chi connectivity index (χ1v) is 4.44. The number of allylic oxidation sites excluding steroid dienone is 3. The molecule has 0 unspecified atom stereocenters. The minimum absolute atomic E-state index is 0.549. The molecule has 0 spiro atoms. The first-order chi connectivity index (χ1) is 4.72. The van der Waals surface area contributed by atoms with Crippen molar-refractivity contribution in [1.29, 1.82) is 5.41 Å². The van der Waals surface area contributed by atoms with Gasteiger partial charge in [-0.2, -0.15) is 0 Å². The molecule has 0 aromatic rings. The van der Waals surface area contributed by atoms with Gasteiger partial charge < -0.3 is 5.41 Å². The molecule has 0 amide bonds. The van der Waals surface area contributed by atoms with Crippen LogP contribution in [-0.4, -0.2) is 6.21 Å². The summed E-state index contributed by atoms with van der Waals surface area (Å²) in [5.74, 6) is 0.549. The Morgan fingerprint density at radius 2 is 2.10 bits per heavy atom. The Balaban J connectivity index is 4.10. The quantitative estimate of drug-likeness (QED) is 0.451. The van der Waals surface area contributed by atoms with Crippen LogP contribution in [0.3, 0.4) is 0 Å². The van der Waals surface area contributed by atoms with Gasteiger partial charge in [0.1, 0.15) is 0 Å². The molecule has 1 N–H and O–H groups in total. The van der Waals surface area contributed by atoms with Gasteiger partial charge in [-0.3, -0.25) is 0 Å². The van der Waals surface area contributed by atoms with Gasteiger partial charge in [0.05, 0.1) is 0 Å². The Morgan fingerprint density at radius 1 is 1.50 bits per heavy atom. The van der Waals surface area contributed by atoms with Crippen LogP contribution < -0.4 is 0 Å². The van der Waals surface area contributed by atoms with E-state index in [1.165, 1.54) is 11.8 Å². The zero-order valence-electron chi connectivity index (χ0n) is 6.26. The Bertz CT molecular complexity index is 157. The zero-order valence-corrected chi connectivity index (χ0v) is 8.42. The summed E-state index contributed by atoms with van der Waals surface area (Å²) in [6.07, 6.45) is 5.00. The van der Waals surface area contributed by atoms with Crippen LogP contribution in [0.4, 0.5) is 0 Å². The summed E-state index contributed by atoms with van der Waals surface area (Å²) in [6, 6.07) is 0. The maximum Gasteiger partial charge on any atom is 0.0177 e. The molecule has 0 rings (SSSR count). The van der Waals surface area contributed by atoms with Gasteiger partial charge in [-0.15, -0.1) is 0 Å². The second-order valence-corrected chi connectivity index (χ2v) is 2.91. The van der Waals surface area contributed by atoms with E-state index in [0.717, 1.165) is 0 Å². The second-order valence-electron chi connectivity index (χ2n) is 2.29. The van der Waals surface area contributed by atoms with Gasteiger partial charge in [-0.1, -0.05) is 42.5 Å². The van der Waals surface area contributed by atoms with Crippen LogP contribution in [-0.2, 0) is 0 Å². The fourth-order valence-corrected chi connectivity index (χ4v) is 1.44. The third kappa shape index (κ3) is 3.82. The molecule has 0 saturated carbocycles. The van der Waals surface area contributed by atoms with E-state index < -0.39 is 0 Å². The van der Waals surface area contributed by atoms with Gasteiger partial charge in [0.25, 0.3) is 0 Å². The summed E-state index contributed by atoms with van der Waals surface area (Å²) in [5, 5.41) is 6.77. The third-order valence-corrected chi connectivity index (χ3v) is 1.90. The number of hydrogen-bond acceptors (Lipinski definition) is 1. The van der Waals surface area contributed by atoms with Crippen molar-refractivity contribution in [2.75, 3.05) is 0 Å². The smallest absolute Gasteiger partial charge is 0.0177 e. The van der Waals surface area contributed by atoms with E-state index in [2.05, 4.69) is 36.4 Å². The lowest BCUT2D eigenvalue weighted by Crippen LogP contribution is -1.88. The minimum Gasteiger partial charge on any atom is -0.309 e. The van der Waals surface area contributed by atoms with Crippen molar-refractivity contribution in [3.05, 3.63) is 21.8 Å². The fraction of sp³-hybridized carbons (Fsp3) is 0.375. The molecule has 0 radical (unpaired) electrons. The van der Waals surface area contributed by atoms with E-state index in [1.54, 1.807) is 6.08 Å². The van der Waals surface area contributed by atoms with Crippen molar-refractivity contribution in [2.45, 2.75) is 13.8 Å². The molecule has 0 aliphatic rings. The predicted octanol–water partition coefficient (Wildman–Crippen LogP) is 3.17. The molecular formula is C8H12IN. The van der Waals surface area contributed by atoms with Gasteiger partial charge in [0, 0.05) is 6.21 Å². The summed E-state index contributed by atoms with van der Waals surface area (Å²) in [5.41, 5.74) is 1.27. The zero-order chi connectivity index (χ0) is 7.98. The molecule has 1 nitrogen and oxygen atoms in total. The molecule has 2 heteroatoms. The van der Waals surface area contributed by atoms with Crippen LogP contribution in [0, 0.1) is 11.3 Å². The van der Waals surface area contributed by atoms with E-state index in [1.807, 2.05) is 10.2 Å². The van der Waals surface area contributed by atoms with Crippen molar-refractivity contribution in [1.82, 2.24) is 0 Å². The summed E-state index contributed by atoms with van der Waals surface area (Å²) in [7, 11) is 0. The first-order valence-electron chi connectivity index (χ1n) is 3.19. The summed E-state index contributed by atoms with van der Waals surface area (Å²) >= 11 is 2.22. The maximum atomic E-state index is 6.77. The van der Waals surface area contributed by atoms with Gasteiger partial charge >= 0.3 is 0 Å². The number of halogens is 1. The Hall–Kier alpha value is -0.120. The highest BCUT2D eigenvalue weighted by Gasteiger charge is 1.95. The van der Waals surface area contributed by atoms with E-state index in [9.17, 15) is 0 Å². The highest BCUT2D eigenvalue weighted by Crippen LogP contribution is 2.12.